The summed E-state index contributed by atoms with van der Waals surface area (Å²) < 4.78 is 30.4. The molecule has 0 unspecified atom stereocenters. The molecule has 1 saturated carbocycles. The fourth-order valence-electron chi connectivity index (χ4n) is 4.55. The van der Waals surface area contributed by atoms with E-state index in [2.05, 4.69) is 28.5 Å². The van der Waals surface area contributed by atoms with Crippen molar-refractivity contribution in [3.8, 4) is 0 Å². The molecule has 1 fully saturated rings. The summed E-state index contributed by atoms with van der Waals surface area (Å²) in [4.78, 5) is 9.47. The molecule has 1 aliphatic carbocycles. The van der Waals surface area contributed by atoms with Crippen molar-refractivity contribution in [2.24, 2.45) is 0 Å². The van der Waals surface area contributed by atoms with Crippen molar-refractivity contribution in [2.45, 2.75) is 71.4 Å². The Balaban J connectivity index is 1.69. The van der Waals surface area contributed by atoms with E-state index in [9.17, 15) is 13.5 Å². The van der Waals surface area contributed by atoms with Crippen molar-refractivity contribution in [1.29, 1.82) is 0 Å². The molecule has 0 saturated heterocycles. The maximum atomic E-state index is 12.9. The van der Waals surface area contributed by atoms with E-state index in [1.807, 2.05) is 23.7 Å². The topological polar surface area (TPSA) is 122 Å². The third-order valence-electron chi connectivity index (χ3n) is 6.99. The molecule has 208 valence electrons. The van der Waals surface area contributed by atoms with Crippen LogP contribution < -0.4 is 10.0 Å². The van der Waals surface area contributed by atoms with Crippen molar-refractivity contribution < 1.29 is 13.5 Å². The van der Waals surface area contributed by atoms with Crippen LogP contribution in [0.4, 0.5) is 11.6 Å². The number of sulfonamides is 1. The number of aromatic nitrogens is 4. The van der Waals surface area contributed by atoms with Crippen LogP contribution in [0.3, 0.4) is 0 Å². The van der Waals surface area contributed by atoms with E-state index in [0.717, 1.165) is 43.2 Å². The van der Waals surface area contributed by atoms with Gasteiger partial charge in [-0.1, -0.05) is 49.8 Å². The van der Waals surface area contributed by atoms with Crippen LogP contribution in [0.2, 0.25) is 0 Å². The number of nitrogens with one attached hydrogen (secondary N) is 2. The van der Waals surface area contributed by atoms with Gasteiger partial charge in [0.25, 0.3) is 10.0 Å². The summed E-state index contributed by atoms with van der Waals surface area (Å²) in [5.74, 6) is 0.549. The highest BCUT2D eigenvalue weighted by molar-refractivity contribution is 7.96. The van der Waals surface area contributed by atoms with Crippen LogP contribution in [-0.4, -0.2) is 45.9 Å². The molecule has 0 atom stereocenters. The minimum absolute atomic E-state index is 0.102. The zero-order valence-corrected chi connectivity index (χ0v) is 23.7. The van der Waals surface area contributed by atoms with Crippen molar-refractivity contribution in [2.75, 3.05) is 16.6 Å². The second-order valence-electron chi connectivity index (χ2n) is 10.0. The number of rotatable bonds is 11. The molecule has 0 radical (unpaired) electrons. The van der Waals surface area contributed by atoms with E-state index in [0.29, 0.717) is 41.4 Å². The lowest BCUT2D eigenvalue weighted by molar-refractivity contribution is 0.109. The molecule has 4 rings (SSSR count). The molecule has 2 aromatic heterocycles. The fourth-order valence-corrected chi connectivity index (χ4v) is 5.41. The maximum absolute atomic E-state index is 12.9. The van der Waals surface area contributed by atoms with Gasteiger partial charge in [0, 0.05) is 24.0 Å². The smallest absolute Gasteiger partial charge is 0.257 e. The Labute approximate surface area is 230 Å². The second kappa shape index (κ2) is 12.6. The van der Waals surface area contributed by atoms with Gasteiger partial charge in [-0.3, -0.25) is 4.72 Å². The summed E-state index contributed by atoms with van der Waals surface area (Å²) in [5.41, 5.74) is 3.56. The Bertz CT molecular complexity index is 1470. The highest BCUT2D eigenvalue weighted by Gasteiger charge is 2.26. The third-order valence-corrected chi connectivity index (χ3v) is 8.48. The minimum Gasteiger partial charge on any atom is -0.393 e. The van der Waals surface area contributed by atoms with Crippen molar-refractivity contribution in [3.63, 3.8) is 0 Å². The standard InChI is InChI=1S/C29H38N6O3S/c1-5-7-18-30-29-31-19-26-27(33-35(28(26)32-29)24-14-16-25(36)17-15-24)22(6-2)11-10-21(4)39(37,38)34-23-12-8-20(3)9-13-23/h6,8-13,19,24-25,34,36H,2,5,7,14-18H2,1,3-4H3,(H,30,31,32)/b21-10+,22-11+. The Morgan fingerprint density at radius 1 is 1.18 bits per heavy atom. The zero-order chi connectivity index (χ0) is 28.0. The van der Waals surface area contributed by atoms with Crippen LogP contribution in [0.5, 0.6) is 0 Å². The molecular weight excluding hydrogens is 512 g/mol. The number of anilines is 2. The predicted octanol–water partition coefficient (Wildman–Crippen LogP) is 5.74. The third kappa shape index (κ3) is 6.93. The summed E-state index contributed by atoms with van der Waals surface area (Å²) >= 11 is 0. The zero-order valence-electron chi connectivity index (χ0n) is 22.9. The molecule has 0 bridgehead atoms. The molecule has 0 amide bonds. The van der Waals surface area contributed by atoms with Gasteiger partial charge >= 0.3 is 0 Å². The van der Waals surface area contributed by atoms with Gasteiger partial charge in [0.05, 0.1) is 22.4 Å². The summed E-state index contributed by atoms with van der Waals surface area (Å²) in [7, 11) is -3.74. The van der Waals surface area contributed by atoms with Gasteiger partial charge in [-0.2, -0.15) is 10.1 Å². The van der Waals surface area contributed by atoms with E-state index in [1.165, 1.54) is 0 Å². The Hall–Kier alpha value is -3.50. The summed E-state index contributed by atoms with van der Waals surface area (Å²) in [5, 5.41) is 19.0. The first-order chi connectivity index (χ1) is 18.7. The van der Waals surface area contributed by atoms with Crippen molar-refractivity contribution in [1.82, 2.24) is 19.7 Å². The number of allylic oxidation sites excluding steroid dienone is 5. The number of aliphatic hydroxyl groups is 1. The van der Waals surface area contributed by atoms with E-state index >= 15 is 0 Å². The van der Waals surface area contributed by atoms with Crippen molar-refractivity contribution in [3.05, 3.63) is 71.4 Å². The summed E-state index contributed by atoms with van der Waals surface area (Å²) in [6.45, 7) is 10.4. The van der Waals surface area contributed by atoms with Crippen LogP contribution in [0.15, 0.2) is 60.2 Å². The number of benzene rings is 1. The molecule has 2 heterocycles. The lowest BCUT2D eigenvalue weighted by Crippen LogP contribution is -2.22. The summed E-state index contributed by atoms with van der Waals surface area (Å²) in [6, 6.07) is 7.28. The molecule has 9 nitrogen and oxygen atoms in total. The first-order valence-electron chi connectivity index (χ1n) is 13.5. The molecule has 1 aromatic carbocycles. The van der Waals surface area contributed by atoms with Gasteiger partial charge in [0.1, 0.15) is 5.69 Å². The lowest BCUT2D eigenvalue weighted by atomic mass is 9.93. The van der Waals surface area contributed by atoms with Crippen LogP contribution in [0.25, 0.3) is 16.6 Å². The molecule has 1 aliphatic rings. The molecule has 0 aliphatic heterocycles. The number of aryl methyl sites for hydroxylation is 1. The van der Waals surface area contributed by atoms with Crippen LogP contribution in [0, 0.1) is 6.92 Å². The Morgan fingerprint density at radius 2 is 1.90 bits per heavy atom. The molecular formula is C29H38N6O3S. The van der Waals surface area contributed by atoms with Crippen LogP contribution in [0.1, 0.15) is 69.7 Å². The van der Waals surface area contributed by atoms with Gasteiger partial charge in [-0.25, -0.2) is 18.1 Å². The quantitative estimate of drug-likeness (QED) is 0.206. The SMILES string of the molecule is C=C/C(=C\C=C(/C)S(=O)(=O)Nc1ccc(C)cc1)c1nn(C2CCC(O)CC2)c2nc(NCCCC)ncc12. The van der Waals surface area contributed by atoms with Gasteiger partial charge < -0.3 is 10.4 Å². The number of aliphatic hydroxyl groups excluding tert-OH is 1. The minimum atomic E-state index is -3.74. The van der Waals surface area contributed by atoms with Gasteiger partial charge in [0.15, 0.2) is 5.65 Å². The largest absolute Gasteiger partial charge is 0.393 e. The van der Waals surface area contributed by atoms with E-state index in [-0.39, 0.29) is 17.1 Å². The monoisotopic (exact) mass is 550 g/mol. The molecule has 3 N–H and O–H groups in total. The summed E-state index contributed by atoms with van der Waals surface area (Å²) in [6.07, 6.45) is 11.5. The second-order valence-corrected chi connectivity index (χ2v) is 11.9. The first-order valence-corrected chi connectivity index (χ1v) is 15.0. The normalized spacial score (nSPS) is 18.8. The Morgan fingerprint density at radius 3 is 2.56 bits per heavy atom. The van der Waals surface area contributed by atoms with E-state index in [1.54, 1.807) is 43.5 Å². The molecule has 10 heteroatoms. The average molecular weight is 551 g/mol. The maximum Gasteiger partial charge on any atom is 0.257 e. The number of hydrogen-bond donors (Lipinski definition) is 3. The number of fused-ring (bicyclic) bond motifs is 1. The molecule has 0 spiro atoms. The molecule has 3 aromatic rings. The van der Waals surface area contributed by atoms with Gasteiger partial charge in [0.2, 0.25) is 5.95 Å². The fraction of sp³-hybridized carbons (Fsp3) is 0.414. The van der Waals surface area contributed by atoms with Crippen molar-refractivity contribution >= 4 is 38.3 Å². The van der Waals surface area contributed by atoms with Crippen LogP contribution in [-0.2, 0) is 10.0 Å². The van der Waals surface area contributed by atoms with E-state index in [4.69, 9.17) is 10.1 Å². The van der Waals surface area contributed by atoms with Gasteiger partial charge in [-0.15, -0.1) is 0 Å². The number of unbranched alkanes of at least 4 members (excludes halogenated alkanes) is 1. The molecule has 39 heavy (non-hydrogen) atoms. The average Bonchev–Trinajstić information content (AvgIpc) is 3.29. The first kappa shape index (κ1) is 28.5. The predicted molar refractivity (Wildman–Crippen MR) is 158 cm³/mol. The lowest BCUT2D eigenvalue weighted by Gasteiger charge is -2.25. The van der Waals surface area contributed by atoms with E-state index < -0.39 is 10.0 Å². The van der Waals surface area contributed by atoms with Gasteiger partial charge in [-0.05, 0) is 64.2 Å². The Kier molecular flexibility index (Phi) is 9.19. The number of hydrogen-bond acceptors (Lipinski definition) is 7. The van der Waals surface area contributed by atoms with Crippen LogP contribution >= 0.6 is 0 Å². The number of nitrogens with zero attached hydrogens (tertiary/aromatic N) is 4. The highest BCUT2D eigenvalue weighted by Crippen LogP contribution is 2.33. The highest BCUT2D eigenvalue weighted by atomic mass is 32.2.